The zero-order valence-electron chi connectivity index (χ0n) is 13.9. The summed E-state index contributed by atoms with van der Waals surface area (Å²) >= 11 is 13.4. The van der Waals surface area contributed by atoms with E-state index in [0.717, 1.165) is 22.5 Å². The highest BCUT2D eigenvalue weighted by Crippen LogP contribution is 2.26. The summed E-state index contributed by atoms with van der Waals surface area (Å²) < 4.78 is 0. The van der Waals surface area contributed by atoms with Crippen LogP contribution >= 0.6 is 34.5 Å². The first kappa shape index (κ1) is 18.6. The van der Waals surface area contributed by atoms with Gasteiger partial charge >= 0.3 is 0 Å². The molecule has 3 rings (SSSR count). The van der Waals surface area contributed by atoms with Crippen LogP contribution in [0.15, 0.2) is 48.5 Å². The number of carbonyl (C=O) groups is 1. The number of hydrogen-bond donors (Lipinski definition) is 1. The van der Waals surface area contributed by atoms with Crippen molar-refractivity contribution in [3.05, 3.63) is 80.3 Å². The Morgan fingerprint density at radius 2 is 1.88 bits per heavy atom. The second kappa shape index (κ2) is 8.45. The van der Waals surface area contributed by atoms with Crippen molar-refractivity contribution in [1.29, 1.82) is 0 Å². The summed E-state index contributed by atoms with van der Waals surface area (Å²) in [5.41, 5.74) is 3.05. The molecule has 132 valence electrons. The molecule has 1 N–H and O–H groups in total. The fraction of sp³-hybridized carbons (Fsp3) is 0.105. The van der Waals surface area contributed by atoms with Crippen LogP contribution in [-0.2, 0) is 6.54 Å². The highest BCUT2D eigenvalue weighted by Gasteiger charge is 2.14. The molecule has 0 saturated carbocycles. The van der Waals surface area contributed by atoms with Gasteiger partial charge in [0.05, 0.1) is 5.03 Å². The Kier molecular flexibility index (Phi) is 6.04. The molecule has 7 heteroatoms. The van der Waals surface area contributed by atoms with Crippen LogP contribution in [0.2, 0.25) is 5.02 Å². The molecule has 1 aromatic heterocycles. The predicted octanol–water partition coefficient (Wildman–Crippen LogP) is 5.17. The number of carbonyl (C=O) groups excluding carboxylic acids is 1. The van der Waals surface area contributed by atoms with Gasteiger partial charge in [0.2, 0.25) is 5.01 Å². The third kappa shape index (κ3) is 4.91. The molecule has 0 radical (unpaired) electrons. The zero-order chi connectivity index (χ0) is 18.5. The van der Waals surface area contributed by atoms with Crippen LogP contribution in [0, 0.1) is 6.92 Å². The molecule has 0 atom stereocenters. The quantitative estimate of drug-likeness (QED) is 0.639. The summed E-state index contributed by atoms with van der Waals surface area (Å²) in [6, 6.07) is 15.3. The maximum Gasteiger partial charge on any atom is 0.282 e. The average Bonchev–Trinajstić information content (AvgIpc) is 3.11. The van der Waals surface area contributed by atoms with E-state index in [1.807, 2.05) is 43.3 Å². The van der Waals surface area contributed by atoms with Crippen LogP contribution in [0.4, 0.5) is 0 Å². The molecular formula is C19H15Cl2N3OS. The van der Waals surface area contributed by atoms with Crippen LogP contribution in [0.3, 0.4) is 0 Å². The third-order valence-electron chi connectivity index (χ3n) is 3.54. The first-order valence-corrected chi connectivity index (χ1v) is 9.39. The van der Waals surface area contributed by atoms with Gasteiger partial charge < -0.3 is 5.32 Å². The van der Waals surface area contributed by atoms with E-state index < -0.39 is 0 Å². The van der Waals surface area contributed by atoms with E-state index in [0.29, 0.717) is 21.6 Å². The normalized spacial score (nSPS) is 11.4. The highest BCUT2D eigenvalue weighted by molar-refractivity contribution is 7.15. The Bertz CT molecular complexity index is 951. The molecule has 0 spiro atoms. The number of aromatic nitrogens is 2. The maximum atomic E-state index is 12.2. The second-order valence-electron chi connectivity index (χ2n) is 5.63. The molecule has 0 unspecified atom stereocenters. The summed E-state index contributed by atoms with van der Waals surface area (Å²) in [5.74, 6) is -0.276. The molecule has 0 aliphatic carbocycles. The second-order valence-corrected chi connectivity index (χ2v) is 7.45. The van der Waals surface area contributed by atoms with Gasteiger partial charge in [-0.1, -0.05) is 76.5 Å². The van der Waals surface area contributed by atoms with Crippen LogP contribution in [0.1, 0.15) is 31.5 Å². The lowest BCUT2D eigenvalue weighted by molar-refractivity contribution is 0.0950. The summed E-state index contributed by atoms with van der Waals surface area (Å²) in [7, 11) is 0. The number of halogens is 2. The fourth-order valence-corrected chi connectivity index (χ4v) is 3.33. The molecule has 0 aliphatic rings. The molecule has 0 fully saturated rings. The molecule has 1 heterocycles. The van der Waals surface area contributed by atoms with E-state index >= 15 is 0 Å². The predicted molar refractivity (Wildman–Crippen MR) is 107 cm³/mol. The Morgan fingerprint density at radius 3 is 2.62 bits per heavy atom. The minimum atomic E-state index is -0.276. The van der Waals surface area contributed by atoms with E-state index in [4.69, 9.17) is 23.2 Å². The van der Waals surface area contributed by atoms with Gasteiger partial charge in [0, 0.05) is 11.6 Å². The first-order chi connectivity index (χ1) is 12.5. The molecule has 0 aliphatic heterocycles. The Morgan fingerprint density at radius 1 is 1.15 bits per heavy atom. The molecule has 2 aromatic carbocycles. The molecule has 4 nitrogen and oxygen atoms in total. The number of benzene rings is 2. The highest BCUT2D eigenvalue weighted by atomic mass is 35.5. The van der Waals surface area contributed by atoms with E-state index in [1.165, 1.54) is 5.56 Å². The fourth-order valence-electron chi connectivity index (χ4n) is 2.18. The van der Waals surface area contributed by atoms with Gasteiger partial charge in [-0.25, -0.2) is 0 Å². The summed E-state index contributed by atoms with van der Waals surface area (Å²) in [4.78, 5) is 12.2. The number of amides is 1. The average molecular weight is 404 g/mol. The Labute approximate surface area is 165 Å². The number of nitrogens with zero attached hydrogens (tertiary/aromatic N) is 2. The van der Waals surface area contributed by atoms with Gasteiger partial charge in [-0.2, -0.15) is 0 Å². The van der Waals surface area contributed by atoms with Crippen molar-refractivity contribution < 1.29 is 4.79 Å². The number of aryl methyl sites for hydroxylation is 1. The van der Waals surface area contributed by atoms with E-state index in [1.54, 1.807) is 18.2 Å². The van der Waals surface area contributed by atoms with Crippen LogP contribution in [0.5, 0.6) is 0 Å². The van der Waals surface area contributed by atoms with Crippen molar-refractivity contribution in [2.45, 2.75) is 13.5 Å². The standard InChI is InChI=1S/C19H15Cl2N3OS/c1-12-5-7-13(8-6-12)11-22-17(25)19-24-23-18(26-19)16(21)10-14-3-2-4-15(20)9-14/h2-10H,11H2,1H3,(H,22,25)/b16-10-. The minimum Gasteiger partial charge on any atom is -0.346 e. The van der Waals surface area contributed by atoms with Crippen molar-refractivity contribution in [1.82, 2.24) is 15.5 Å². The van der Waals surface area contributed by atoms with Crippen molar-refractivity contribution in [3.8, 4) is 0 Å². The number of rotatable bonds is 5. The van der Waals surface area contributed by atoms with Gasteiger partial charge in [-0.05, 0) is 36.3 Å². The Balaban J connectivity index is 1.66. The van der Waals surface area contributed by atoms with Gasteiger partial charge in [-0.3, -0.25) is 4.79 Å². The topological polar surface area (TPSA) is 54.9 Å². The summed E-state index contributed by atoms with van der Waals surface area (Å²) in [5, 5.41) is 12.5. The van der Waals surface area contributed by atoms with E-state index in [-0.39, 0.29) is 10.9 Å². The van der Waals surface area contributed by atoms with E-state index in [2.05, 4.69) is 15.5 Å². The van der Waals surface area contributed by atoms with Crippen LogP contribution in [-0.4, -0.2) is 16.1 Å². The largest absolute Gasteiger partial charge is 0.346 e. The minimum absolute atomic E-state index is 0.268. The van der Waals surface area contributed by atoms with Crippen LogP contribution < -0.4 is 5.32 Å². The van der Waals surface area contributed by atoms with Crippen molar-refractivity contribution in [3.63, 3.8) is 0 Å². The van der Waals surface area contributed by atoms with E-state index in [9.17, 15) is 4.79 Å². The molecule has 0 saturated heterocycles. The summed E-state index contributed by atoms with van der Waals surface area (Å²) in [6.07, 6.45) is 1.74. The molecule has 1 amide bonds. The van der Waals surface area contributed by atoms with Gasteiger partial charge in [0.25, 0.3) is 5.91 Å². The van der Waals surface area contributed by atoms with Crippen LogP contribution in [0.25, 0.3) is 11.1 Å². The molecule has 26 heavy (non-hydrogen) atoms. The number of nitrogens with one attached hydrogen (secondary N) is 1. The zero-order valence-corrected chi connectivity index (χ0v) is 16.2. The molecular weight excluding hydrogens is 389 g/mol. The smallest absolute Gasteiger partial charge is 0.282 e. The first-order valence-electron chi connectivity index (χ1n) is 7.81. The monoisotopic (exact) mass is 403 g/mol. The molecule has 0 bridgehead atoms. The van der Waals surface area contributed by atoms with Crippen molar-refractivity contribution >= 4 is 51.6 Å². The summed E-state index contributed by atoms with van der Waals surface area (Å²) in [6.45, 7) is 2.45. The molecule has 3 aromatic rings. The van der Waals surface area contributed by atoms with Gasteiger partial charge in [0.1, 0.15) is 0 Å². The third-order valence-corrected chi connectivity index (χ3v) is 5.13. The van der Waals surface area contributed by atoms with Crippen molar-refractivity contribution in [2.75, 3.05) is 0 Å². The van der Waals surface area contributed by atoms with Gasteiger partial charge in [-0.15, -0.1) is 10.2 Å². The lowest BCUT2D eigenvalue weighted by atomic mass is 10.1. The maximum absolute atomic E-state index is 12.2. The van der Waals surface area contributed by atoms with Crippen molar-refractivity contribution in [2.24, 2.45) is 0 Å². The SMILES string of the molecule is Cc1ccc(CNC(=O)c2nnc(/C(Cl)=C/c3cccc(Cl)c3)s2)cc1. The lowest BCUT2D eigenvalue weighted by Crippen LogP contribution is -2.22. The lowest BCUT2D eigenvalue weighted by Gasteiger charge is -2.03. The van der Waals surface area contributed by atoms with Gasteiger partial charge in [0.15, 0.2) is 5.01 Å². The number of hydrogen-bond acceptors (Lipinski definition) is 4. The Hall–Kier alpha value is -2.21.